The van der Waals surface area contributed by atoms with Crippen LogP contribution in [0.2, 0.25) is 0 Å². The summed E-state index contributed by atoms with van der Waals surface area (Å²) in [6.07, 6.45) is 2.48. The van der Waals surface area contributed by atoms with E-state index in [9.17, 15) is 19.2 Å². The summed E-state index contributed by atoms with van der Waals surface area (Å²) >= 11 is 0. The molecule has 1 saturated heterocycles. The first-order valence-electron chi connectivity index (χ1n) is 18.2. The van der Waals surface area contributed by atoms with Crippen molar-refractivity contribution in [3.05, 3.63) is 53.9 Å². The number of amides is 3. The number of carbonyl (C=O) groups is 4. The van der Waals surface area contributed by atoms with Gasteiger partial charge in [-0.3, -0.25) is 14.5 Å². The van der Waals surface area contributed by atoms with Gasteiger partial charge in [0.2, 0.25) is 18.6 Å². The Morgan fingerprint density at radius 3 is 2.38 bits per heavy atom. The lowest BCUT2D eigenvalue weighted by Crippen LogP contribution is -2.47. The number of pyridine rings is 1. The van der Waals surface area contributed by atoms with Crippen molar-refractivity contribution in [2.45, 2.75) is 79.4 Å². The maximum Gasteiger partial charge on any atom is 0.414 e. The number of nitrogens with two attached hydrogens (primary N) is 1. The van der Waals surface area contributed by atoms with Crippen LogP contribution in [0.3, 0.4) is 0 Å². The molecule has 1 aromatic carbocycles. The molecule has 2 heterocycles. The Bertz CT molecular complexity index is 1490. The van der Waals surface area contributed by atoms with Gasteiger partial charge < -0.3 is 39.5 Å². The number of carbonyl (C=O) groups excluding carboxylic acids is 4. The lowest BCUT2D eigenvalue weighted by Gasteiger charge is -2.33. The van der Waals surface area contributed by atoms with Crippen molar-refractivity contribution in [1.29, 1.82) is 0 Å². The van der Waals surface area contributed by atoms with E-state index in [1.165, 1.54) is 17.2 Å². The van der Waals surface area contributed by atoms with E-state index in [-0.39, 0.29) is 42.6 Å². The minimum absolute atomic E-state index is 0.0684. The van der Waals surface area contributed by atoms with Gasteiger partial charge in [0, 0.05) is 38.8 Å². The van der Waals surface area contributed by atoms with Crippen molar-refractivity contribution in [2.24, 2.45) is 34.8 Å². The summed E-state index contributed by atoms with van der Waals surface area (Å²) in [4.78, 5) is 56.9. The van der Waals surface area contributed by atoms with E-state index in [1.54, 1.807) is 40.2 Å². The van der Waals surface area contributed by atoms with Crippen LogP contribution in [-0.2, 0) is 35.0 Å². The number of nitrogens with one attached hydrogen (secondary N) is 1. The molecule has 0 aliphatic carbocycles. The van der Waals surface area contributed by atoms with Gasteiger partial charge in [0.15, 0.2) is 11.5 Å². The highest BCUT2D eigenvalue weighted by molar-refractivity contribution is 5.87. The molecular formula is C39H58N4O10. The average molecular weight is 743 g/mol. The molecule has 14 nitrogen and oxygen atoms in total. The Balaban J connectivity index is 1.84. The Kier molecular flexibility index (Phi) is 16.8. The van der Waals surface area contributed by atoms with E-state index >= 15 is 0 Å². The summed E-state index contributed by atoms with van der Waals surface area (Å²) in [7, 11) is 3.25. The zero-order chi connectivity index (χ0) is 39.1. The fourth-order valence-corrected chi connectivity index (χ4v) is 6.06. The number of aromatic nitrogens is 1. The highest BCUT2D eigenvalue weighted by Crippen LogP contribution is 2.36. The van der Waals surface area contributed by atoms with Crippen LogP contribution in [0.4, 0.5) is 4.79 Å². The van der Waals surface area contributed by atoms with Crippen LogP contribution in [0.15, 0.2) is 42.6 Å². The van der Waals surface area contributed by atoms with E-state index in [0.717, 1.165) is 12.0 Å². The van der Waals surface area contributed by atoms with Crippen molar-refractivity contribution in [2.75, 3.05) is 47.5 Å². The molecule has 0 bridgehead atoms. The van der Waals surface area contributed by atoms with Gasteiger partial charge in [-0.15, -0.1) is 0 Å². The van der Waals surface area contributed by atoms with Gasteiger partial charge in [-0.1, -0.05) is 39.8 Å². The summed E-state index contributed by atoms with van der Waals surface area (Å²) in [5, 5.41) is 2.91. The summed E-state index contributed by atoms with van der Waals surface area (Å²) in [5.41, 5.74) is 5.74. The summed E-state index contributed by atoms with van der Waals surface area (Å²) in [6, 6.07) is 10.2. The minimum Gasteiger partial charge on any atom is -0.493 e. The Hall–Kier alpha value is -4.43. The number of benzene rings is 1. The third-order valence-corrected chi connectivity index (χ3v) is 9.70. The Morgan fingerprint density at radius 1 is 1.00 bits per heavy atom. The fourth-order valence-electron chi connectivity index (χ4n) is 6.06. The second kappa shape index (κ2) is 20.7. The molecule has 14 heteroatoms. The number of rotatable bonds is 21. The summed E-state index contributed by atoms with van der Waals surface area (Å²) in [5.74, 6) is -0.496. The first-order valence-corrected chi connectivity index (χ1v) is 18.2. The number of hydrogen-bond acceptors (Lipinski definition) is 11. The first-order chi connectivity index (χ1) is 25.2. The second-order valence-corrected chi connectivity index (χ2v) is 14.7. The molecule has 1 fully saturated rings. The average Bonchev–Trinajstić information content (AvgIpc) is 3.53. The summed E-state index contributed by atoms with van der Waals surface area (Å²) < 4.78 is 33.6. The SMILES string of the molecule is COCCCOc1cc(C[C@H](CC2C(C[C@H](C(=O)NCC(C)(C)C(N)=O)C(C)C)OCN2C(=O)OCOC(=O)c2ccccn2)C(C)C)ccc1OC. The molecule has 3 rings (SSSR count). The van der Waals surface area contributed by atoms with E-state index in [4.69, 9.17) is 34.2 Å². The molecule has 2 aromatic rings. The van der Waals surface area contributed by atoms with Crippen LogP contribution in [-0.4, -0.2) is 93.4 Å². The Labute approximate surface area is 313 Å². The highest BCUT2D eigenvalue weighted by Gasteiger charge is 2.43. The third kappa shape index (κ3) is 12.9. The molecular weight excluding hydrogens is 684 g/mol. The predicted molar refractivity (Wildman–Crippen MR) is 197 cm³/mol. The molecule has 3 N–H and O–H groups in total. The number of methoxy groups -OCH3 is 2. The zero-order valence-electron chi connectivity index (χ0n) is 32.4. The van der Waals surface area contributed by atoms with Crippen molar-refractivity contribution >= 4 is 23.9 Å². The van der Waals surface area contributed by atoms with Crippen LogP contribution in [0.5, 0.6) is 11.5 Å². The van der Waals surface area contributed by atoms with Crippen molar-refractivity contribution in [3.63, 3.8) is 0 Å². The van der Waals surface area contributed by atoms with Gasteiger partial charge in [-0.05, 0) is 80.7 Å². The van der Waals surface area contributed by atoms with Crippen LogP contribution >= 0.6 is 0 Å². The van der Waals surface area contributed by atoms with E-state index in [2.05, 4.69) is 24.1 Å². The standard InChI is InChI=1S/C39H58N4O10/c1-25(2)28(18-27-13-14-32(49-8)34(19-27)50-17-11-16-48-7)20-31-33(21-29(26(3)4)35(44)42-22-39(5,6)37(40)46)51-23-43(31)38(47)53-24-52-36(45)30-12-9-10-15-41-30/h9-10,12-15,19,25-26,28-29,31,33H,11,16-18,20-24H2,1-8H3,(H2,40,46)(H,42,44)/t28-,29+,31?,33?/m1/s1. The molecule has 2 unspecified atom stereocenters. The molecule has 53 heavy (non-hydrogen) atoms. The third-order valence-electron chi connectivity index (χ3n) is 9.70. The topological polar surface area (TPSA) is 178 Å². The minimum atomic E-state index is -0.926. The smallest absolute Gasteiger partial charge is 0.414 e. The van der Waals surface area contributed by atoms with Gasteiger partial charge in [-0.25, -0.2) is 14.6 Å². The highest BCUT2D eigenvalue weighted by atomic mass is 16.7. The number of ether oxygens (including phenoxy) is 6. The first kappa shape index (κ1) is 43.0. The molecule has 1 aliphatic rings. The van der Waals surface area contributed by atoms with E-state index < -0.39 is 48.2 Å². The molecule has 1 aliphatic heterocycles. The molecule has 0 radical (unpaired) electrons. The lowest BCUT2D eigenvalue weighted by molar-refractivity contribution is -0.130. The monoisotopic (exact) mass is 742 g/mol. The number of esters is 1. The quantitative estimate of drug-likeness (QED) is 0.100. The molecule has 294 valence electrons. The van der Waals surface area contributed by atoms with Gasteiger partial charge in [0.05, 0.1) is 31.3 Å². The number of primary amides is 1. The van der Waals surface area contributed by atoms with Gasteiger partial charge in [0.25, 0.3) is 0 Å². The van der Waals surface area contributed by atoms with Gasteiger partial charge >= 0.3 is 12.1 Å². The fraction of sp³-hybridized carbons (Fsp3) is 0.615. The molecule has 1 aromatic heterocycles. The normalized spacial score (nSPS) is 17.0. The van der Waals surface area contributed by atoms with Crippen molar-refractivity contribution in [3.8, 4) is 11.5 Å². The largest absolute Gasteiger partial charge is 0.493 e. The van der Waals surface area contributed by atoms with Crippen LogP contribution in [0, 0.1) is 29.1 Å². The molecule has 4 atom stereocenters. The number of nitrogens with zero attached hydrogens (tertiary/aromatic N) is 2. The lowest BCUT2D eigenvalue weighted by atomic mass is 9.80. The Morgan fingerprint density at radius 2 is 1.75 bits per heavy atom. The van der Waals surface area contributed by atoms with Crippen LogP contribution < -0.4 is 20.5 Å². The second-order valence-electron chi connectivity index (χ2n) is 14.7. The van der Waals surface area contributed by atoms with Crippen LogP contribution in [0.25, 0.3) is 0 Å². The van der Waals surface area contributed by atoms with Gasteiger partial charge in [-0.2, -0.15) is 0 Å². The van der Waals surface area contributed by atoms with E-state index in [1.807, 2.05) is 32.0 Å². The van der Waals surface area contributed by atoms with Crippen molar-refractivity contribution in [1.82, 2.24) is 15.2 Å². The maximum atomic E-state index is 13.6. The zero-order valence-corrected chi connectivity index (χ0v) is 32.4. The van der Waals surface area contributed by atoms with E-state index in [0.29, 0.717) is 44.0 Å². The van der Waals surface area contributed by atoms with Crippen molar-refractivity contribution < 1.29 is 47.6 Å². The maximum absolute atomic E-state index is 13.6. The van der Waals surface area contributed by atoms with Crippen LogP contribution in [0.1, 0.15) is 76.9 Å². The number of hydrogen-bond donors (Lipinski definition) is 2. The predicted octanol–water partition coefficient (Wildman–Crippen LogP) is 4.98. The summed E-state index contributed by atoms with van der Waals surface area (Å²) in [6.45, 7) is 12.0. The molecule has 0 saturated carbocycles. The molecule has 0 spiro atoms. The van der Waals surface area contributed by atoms with Gasteiger partial charge in [0.1, 0.15) is 12.4 Å². The molecule has 3 amide bonds.